The number of aliphatic hydroxyl groups excluding tert-OH is 1. The van der Waals surface area contributed by atoms with Gasteiger partial charge in [0.15, 0.2) is 0 Å². The number of hydrogen-bond acceptors (Lipinski definition) is 3. The molecular formula is C15H24O3. The molecule has 1 rings (SSSR count). The van der Waals surface area contributed by atoms with E-state index >= 15 is 0 Å². The second kappa shape index (κ2) is 8.11. The van der Waals surface area contributed by atoms with Crippen LogP contribution >= 0.6 is 0 Å². The fourth-order valence-electron chi connectivity index (χ4n) is 1.78. The van der Waals surface area contributed by atoms with Crippen molar-refractivity contribution in [2.45, 2.75) is 32.8 Å². The first-order chi connectivity index (χ1) is 8.63. The second-order valence-electron chi connectivity index (χ2n) is 4.78. The van der Waals surface area contributed by atoms with E-state index in [0.717, 1.165) is 12.2 Å². The third kappa shape index (κ3) is 5.52. The molecular weight excluding hydrogens is 228 g/mol. The van der Waals surface area contributed by atoms with Crippen LogP contribution in [0.25, 0.3) is 0 Å². The van der Waals surface area contributed by atoms with E-state index in [9.17, 15) is 5.11 Å². The SMILES string of the molecule is COCCC(C)C(O)CCOc1cccc(C)c1. The highest BCUT2D eigenvalue weighted by Gasteiger charge is 2.13. The quantitative estimate of drug-likeness (QED) is 0.773. The molecule has 3 heteroatoms. The van der Waals surface area contributed by atoms with Crippen molar-refractivity contribution in [3.8, 4) is 5.75 Å². The first-order valence-electron chi connectivity index (χ1n) is 6.50. The molecule has 18 heavy (non-hydrogen) atoms. The lowest BCUT2D eigenvalue weighted by Gasteiger charge is -2.18. The molecule has 0 radical (unpaired) electrons. The van der Waals surface area contributed by atoms with Gasteiger partial charge in [0.1, 0.15) is 5.75 Å². The fraction of sp³-hybridized carbons (Fsp3) is 0.600. The Hall–Kier alpha value is -1.06. The van der Waals surface area contributed by atoms with Crippen LogP contribution in [-0.4, -0.2) is 31.5 Å². The van der Waals surface area contributed by atoms with Crippen molar-refractivity contribution in [1.29, 1.82) is 0 Å². The molecule has 1 N–H and O–H groups in total. The Bertz CT molecular complexity index is 338. The Labute approximate surface area is 110 Å². The van der Waals surface area contributed by atoms with Gasteiger partial charge in [0.05, 0.1) is 12.7 Å². The van der Waals surface area contributed by atoms with Crippen molar-refractivity contribution in [1.82, 2.24) is 0 Å². The summed E-state index contributed by atoms with van der Waals surface area (Å²) >= 11 is 0. The number of aryl methyl sites for hydroxylation is 1. The summed E-state index contributed by atoms with van der Waals surface area (Å²) in [5.74, 6) is 1.11. The molecule has 1 aromatic carbocycles. The van der Waals surface area contributed by atoms with Gasteiger partial charge >= 0.3 is 0 Å². The fourth-order valence-corrected chi connectivity index (χ4v) is 1.78. The molecule has 102 valence electrons. The number of aliphatic hydroxyl groups is 1. The van der Waals surface area contributed by atoms with E-state index in [-0.39, 0.29) is 12.0 Å². The van der Waals surface area contributed by atoms with Crippen molar-refractivity contribution in [3.05, 3.63) is 29.8 Å². The molecule has 0 aliphatic rings. The Morgan fingerprint density at radius 2 is 2.00 bits per heavy atom. The monoisotopic (exact) mass is 252 g/mol. The predicted octanol–water partition coefficient (Wildman–Crippen LogP) is 2.80. The molecule has 0 fully saturated rings. The van der Waals surface area contributed by atoms with Gasteiger partial charge in [-0.1, -0.05) is 19.1 Å². The van der Waals surface area contributed by atoms with Crippen LogP contribution in [0.1, 0.15) is 25.3 Å². The maximum Gasteiger partial charge on any atom is 0.119 e. The van der Waals surface area contributed by atoms with Crippen molar-refractivity contribution in [3.63, 3.8) is 0 Å². The highest BCUT2D eigenvalue weighted by Crippen LogP contribution is 2.15. The minimum absolute atomic E-state index is 0.242. The van der Waals surface area contributed by atoms with Crippen LogP contribution in [0.4, 0.5) is 0 Å². The normalized spacial score (nSPS) is 14.2. The molecule has 3 nitrogen and oxygen atoms in total. The van der Waals surface area contributed by atoms with Gasteiger partial charge in [-0.25, -0.2) is 0 Å². The number of hydrogen-bond donors (Lipinski definition) is 1. The lowest BCUT2D eigenvalue weighted by Crippen LogP contribution is -2.21. The summed E-state index contributed by atoms with van der Waals surface area (Å²) in [5, 5.41) is 9.94. The van der Waals surface area contributed by atoms with Gasteiger partial charge < -0.3 is 14.6 Å². The van der Waals surface area contributed by atoms with E-state index in [2.05, 4.69) is 0 Å². The topological polar surface area (TPSA) is 38.7 Å². The zero-order valence-corrected chi connectivity index (χ0v) is 11.6. The zero-order chi connectivity index (χ0) is 13.4. The molecule has 0 aromatic heterocycles. The highest BCUT2D eigenvalue weighted by molar-refractivity contribution is 5.27. The predicted molar refractivity (Wildman–Crippen MR) is 73.0 cm³/mol. The number of methoxy groups -OCH3 is 1. The average molecular weight is 252 g/mol. The van der Waals surface area contributed by atoms with Crippen LogP contribution in [0.15, 0.2) is 24.3 Å². The number of ether oxygens (including phenoxy) is 2. The summed E-state index contributed by atoms with van der Waals surface area (Å²) < 4.78 is 10.6. The van der Waals surface area contributed by atoms with E-state index < -0.39 is 0 Å². The van der Waals surface area contributed by atoms with Crippen LogP contribution < -0.4 is 4.74 Å². The van der Waals surface area contributed by atoms with Gasteiger partial charge in [-0.3, -0.25) is 0 Å². The van der Waals surface area contributed by atoms with Crippen LogP contribution in [0.5, 0.6) is 5.75 Å². The van der Waals surface area contributed by atoms with Gasteiger partial charge in [0, 0.05) is 20.1 Å². The molecule has 0 aliphatic carbocycles. The summed E-state index contributed by atoms with van der Waals surface area (Å²) in [6, 6.07) is 7.95. The van der Waals surface area contributed by atoms with Gasteiger partial charge in [0.2, 0.25) is 0 Å². The number of rotatable bonds is 8. The lowest BCUT2D eigenvalue weighted by atomic mass is 9.99. The van der Waals surface area contributed by atoms with E-state index in [1.807, 2.05) is 38.1 Å². The largest absolute Gasteiger partial charge is 0.493 e. The van der Waals surface area contributed by atoms with Gasteiger partial charge in [-0.2, -0.15) is 0 Å². The molecule has 1 aromatic rings. The summed E-state index contributed by atoms with van der Waals surface area (Å²) in [4.78, 5) is 0. The van der Waals surface area contributed by atoms with Crippen LogP contribution in [0.2, 0.25) is 0 Å². The molecule has 0 amide bonds. The standard InChI is InChI=1S/C15H24O3/c1-12-5-4-6-14(11-12)18-10-8-15(16)13(2)7-9-17-3/h4-6,11,13,15-16H,7-10H2,1-3H3. The average Bonchev–Trinajstić information content (AvgIpc) is 2.35. The third-order valence-electron chi connectivity index (χ3n) is 3.11. The van der Waals surface area contributed by atoms with E-state index in [0.29, 0.717) is 19.6 Å². The van der Waals surface area contributed by atoms with Crippen LogP contribution in [0, 0.1) is 12.8 Å². The number of benzene rings is 1. The summed E-state index contributed by atoms with van der Waals surface area (Å²) in [5.41, 5.74) is 1.18. The molecule has 0 saturated heterocycles. The van der Waals surface area contributed by atoms with Gasteiger partial charge in [0.25, 0.3) is 0 Å². The molecule has 2 atom stereocenters. The summed E-state index contributed by atoms with van der Waals surface area (Å²) in [7, 11) is 1.68. The minimum atomic E-state index is -0.329. The maximum absolute atomic E-state index is 9.94. The Balaban J connectivity index is 2.24. The van der Waals surface area contributed by atoms with Crippen LogP contribution in [-0.2, 0) is 4.74 Å². The molecule has 0 spiro atoms. The molecule has 0 aliphatic heterocycles. The maximum atomic E-state index is 9.94. The molecule has 0 heterocycles. The van der Waals surface area contributed by atoms with E-state index in [1.165, 1.54) is 5.56 Å². The van der Waals surface area contributed by atoms with Crippen molar-refractivity contribution in [2.24, 2.45) is 5.92 Å². The van der Waals surface area contributed by atoms with E-state index in [1.54, 1.807) is 7.11 Å². The first-order valence-corrected chi connectivity index (χ1v) is 6.50. The summed E-state index contributed by atoms with van der Waals surface area (Å²) in [6.07, 6.45) is 1.20. The van der Waals surface area contributed by atoms with Crippen molar-refractivity contribution in [2.75, 3.05) is 20.3 Å². The van der Waals surface area contributed by atoms with Crippen molar-refractivity contribution >= 4 is 0 Å². The van der Waals surface area contributed by atoms with Gasteiger partial charge in [-0.05, 0) is 37.0 Å². The smallest absolute Gasteiger partial charge is 0.119 e. The van der Waals surface area contributed by atoms with Crippen LogP contribution in [0.3, 0.4) is 0 Å². The highest BCUT2D eigenvalue weighted by atomic mass is 16.5. The molecule has 0 saturated carbocycles. The second-order valence-corrected chi connectivity index (χ2v) is 4.78. The lowest BCUT2D eigenvalue weighted by molar-refractivity contribution is 0.0699. The first kappa shape index (κ1) is 15.0. The molecule has 2 unspecified atom stereocenters. The molecule has 0 bridgehead atoms. The Morgan fingerprint density at radius 3 is 2.67 bits per heavy atom. The van der Waals surface area contributed by atoms with Crippen molar-refractivity contribution < 1.29 is 14.6 Å². The van der Waals surface area contributed by atoms with E-state index in [4.69, 9.17) is 9.47 Å². The zero-order valence-electron chi connectivity index (χ0n) is 11.6. The Kier molecular flexibility index (Phi) is 6.76. The Morgan fingerprint density at radius 1 is 1.22 bits per heavy atom. The minimum Gasteiger partial charge on any atom is -0.493 e. The summed E-state index contributed by atoms with van der Waals surface area (Å²) in [6.45, 7) is 5.31. The van der Waals surface area contributed by atoms with Gasteiger partial charge in [-0.15, -0.1) is 0 Å². The third-order valence-corrected chi connectivity index (χ3v) is 3.11.